The van der Waals surface area contributed by atoms with Gasteiger partial charge in [0, 0.05) is 35.9 Å². The van der Waals surface area contributed by atoms with E-state index in [0.717, 1.165) is 25.4 Å². The van der Waals surface area contributed by atoms with Gasteiger partial charge in [-0.3, -0.25) is 0 Å². The number of aromatic amines is 1. The summed E-state index contributed by atoms with van der Waals surface area (Å²) in [6.07, 6.45) is 17.5. The molecule has 38 heavy (non-hydrogen) atoms. The molecule has 4 rings (SSSR count). The number of H-pyrrole nitrogens is 1. The number of hydrogen-bond donors (Lipinski definition) is 2. The fourth-order valence-electron chi connectivity index (χ4n) is 4.30. The van der Waals surface area contributed by atoms with E-state index in [2.05, 4.69) is 92.2 Å². The standard InChI is InChI=1S/C20H22N2.C7H17N.C3H9N.C2H6.C2H2/c1-15-8-9-20-16(13-15)5-4-11-22(20)12-10-17-14-21-19-7-3-2-6-18(17)19;1-3-7(2)5-4-6-8;1-4(2)3;2*1-2/h2-3,6-9,13-14,21H,4-5,10-12H2,1H3;7H,3-6,8H2,1-2H3;1-3H3;1-2H3;1-2H. The van der Waals surface area contributed by atoms with E-state index in [1.807, 2.05) is 39.9 Å². The molecule has 2 heterocycles. The number of nitrogens with one attached hydrogen (secondary N) is 1. The number of anilines is 1. The molecule has 0 amide bonds. The van der Waals surface area contributed by atoms with Crippen LogP contribution in [0.1, 0.15) is 70.1 Å². The predicted octanol–water partition coefficient (Wildman–Crippen LogP) is 7.70. The molecule has 0 saturated heterocycles. The van der Waals surface area contributed by atoms with Gasteiger partial charge in [-0.1, -0.05) is 70.0 Å². The predicted molar refractivity (Wildman–Crippen MR) is 172 cm³/mol. The number of nitrogens with zero attached hydrogens (tertiary/aromatic N) is 2. The zero-order valence-corrected chi connectivity index (χ0v) is 25.7. The molecular formula is C34H56N4. The SMILES string of the molecule is C#C.CC.CCC(C)CCCN.CN(C)C.Cc1ccc2c(c1)CCCN2CCc1c[nH]c2ccccc12. The van der Waals surface area contributed by atoms with Crippen molar-refractivity contribution in [1.82, 2.24) is 9.88 Å². The third-order valence-corrected chi connectivity index (χ3v) is 6.37. The van der Waals surface area contributed by atoms with Gasteiger partial charge in [-0.25, -0.2) is 0 Å². The van der Waals surface area contributed by atoms with Gasteiger partial charge in [0.05, 0.1) is 0 Å². The molecule has 0 saturated carbocycles. The highest BCUT2D eigenvalue weighted by Crippen LogP contribution is 2.28. The van der Waals surface area contributed by atoms with Crippen LogP contribution in [0.25, 0.3) is 10.9 Å². The molecule has 0 spiro atoms. The molecule has 1 aliphatic heterocycles. The number of hydrogen-bond acceptors (Lipinski definition) is 3. The molecule has 3 aromatic rings. The molecule has 0 fully saturated rings. The number of para-hydroxylation sites is 1. The monoisotopic (exact) mass is 520 g/mol. The Kier molecular flexibility index (Phi) is 19.7. The molecule has 1 unspecified atom stereocenters. The maximum atomic E-state index is 5.33. The Morgan fingerprint density at radius 3 is 2.37 bits per heavy atom. The lowest BCUT2D eigenvalue weighted by Crippen LogP contribution is -2.31. The summed E-state index contributed by atoms with van der Waals surface area (Å²) in [7, 11) is 6.00. The minimum absolute atomic E-state index is 0.852. The van der Waals surface area contributed by atoms with E-state index in [1.54, 1.807) is 0 Å². The van der Waals surface area contributed by atoms with Gasteiger partial charge in [-0.2, -0.15) is 0 Å². The van der Waals surface area contributed by atoms with E-state index in [4.69, 9.17) is 5.73 Å². The topological polar surface area (TPSA) is 48.3 Å². The van der Waals surface area contributed by atoms with E-state index < -0.39 is 0 Å². The van der Waals surface area contributed by atoms with Crippen LogP contribution in [-0.4, -0.2) is 50.7 Å². The van der Waals surface area contributed by atoms with Gasteiger partial charge in [0.2, 0.25) is 0 Å². The third-order valence-electron chi connectivity index (χ3n) is 6.37. The van der Waals surface area contributed by atoms with E-state index in [-0.39, 0.29) is 0 Å². The van der Waals surface area contributed by atoms with Crippen molar-refractivity contribution in [2.45, 2.75) is 73.1 Å². The van der Waals surface area contributed by atoms with E-state index in [9.17, 15) is 0 Å². The molecule has 1 aliphatic rings. The molecule has 0 radical (unpaired) electrons. The van der Waals surface area contributed by atoms with Crippen LogP contribution in [0.15, 0.2) is 48.7 Å². The number of terminal acetylenes is 1. The lowest BCUT2D eigenvalue weighted by atomic mass is 9.99. The minimum Gasteiger partial charge on any atom is -0.371 e. The zero-order valence-electron chi connectivity index (χ0n) is 25.7. The molecular weight excluding hydrogens is 464 g/mol. The van der Waals surface area contributed by atoms with Crippen LogP contribution in [-0.2, 0) is 12.8 Å². The maximum absolute atomic E-state index is 5.33. The van der Waals surface area contributed by atoms with Crippen LogP contribution in [0.2, 0.25) is 0 Å². The average molecular weight is 521 g/mol. The first-order valence-corrected chi connectivity index (χ1v) is 14.4. The zero-order chi connectivity index (χ0) is 28.9. The molecule has 0 aliphatic carbocycles. The molecule has 0 bridgehead atoms. The molecule has 2 aromatic carbocycles. The van der Waals surface area contributed by atoms with Crippen LogP contribution >= 0.6 is 0 Å². The Balaban J connectivity index is 0.000000718. The Morgan fingerprint density at radius 2 is 1.74 bits per heavy atom. The number of benzene rings is 2. The van der Waals surface area contributed by atoms with Crippen molar-refractivity contribution < 1.29 is 0 Å². The highest BCUT2D eigenvalue weighted by atomic mass is 15.1. The van der Waals surface area contributed by atoms with Crippen LogP contribution in [0.5, 0.6) is 0 Å². The van der Waals surface area contributed by atoms with Crippen molar-refractivity contribution in [2.75, 3.05) is 45.7 Å². The molecule has 4 heteroatoms. The minimum atomic E-state index is 0.852. The lowest BCUT2D eigenvalue weighted by Gasteiger charge is -2.31. The van der Waals surface area contributed by atoms with Gasteiger partial charge in [0.25, 0.3) is 0 Å². The summed E-state index contributed by atoms with van der Waals surface area (Å²) >= 11 is 0. The van der Waals surface area contributed by atoms with Gasteiger partial charge in [0.1, 0.15) is 0 Å². The van der Waals surface area contributed by atoms with E-state index in [1.165, 1.54) is 71.9 Å². The van der Waals surface area contributed by atoms with Gasteiger partial charge in [-0.15, -0.1) is 12.8 Å². The van der Waals surface area contributed by atoms with Crippen LogP contribution in [0.4, 0.5) is 5.69 Å². The Labute approximate surface area is 235 Å². The summed E-state index contributed by atoms with van der Waals surface area (Å²) in [4.78, 5) is 7.94. The molecule has 1 aromatic heterocycles. The quantitative estimate of drug-likeness (QED) is 0.314. The first-order valence-electron chi connectivity index (χ1n) is 14.4. The fourth-order valence-corrected chi connectivity index (χ4v) is 4.30. The molecule has 3 N–H and O–H groups in total. The maximum Gasteiger partial charge on any atom is 0.0456 e. The van der Waals surface area contributed by atoms with Gasteiger partial charge >= 0.3 is 0 Å². The van der Waals surface area contributed by atoms with Gasteiger partial charge in [-0.05, 0) is 95.9 Å². The molecule has 1 atom stereocenters. The van der Waals surface area contributed by atoms with E-state index >= 15 is 0 Å². The third kappa shape index (κ3) is 13.2. The summed E-state index contributed by atoms with van der Waals surface area (Å²) in [5.41, 5.74) is 12.3. The van der Waals surface area contributed by atoms with Crippen molar-refractivity contribution in [1.29, 1.82) is 0 Å². The van der Waals surface area contributed by atoms with Crippen LogP contribution < -0.4 is 10.6 Å². The summed E-state index contributed by atoms with van der Waals surface area (Å²) in [5.74, 6) is 0.874. The highest BCUT2D eigenvalue weighted by molar-refractivity contribution is 5.83. The van der Waals surface area contributed by atoms with Crippen molar-refractivity contribution in [3.8, 4) is 12.8 Å². The fraction of sp³-hybridized carbons (Fsp3) is 0.529. The number of nitrogens with two attached hydrogens (primary N) is 1. The summed E-state index contributed by atoms with van der Waals surface area (Å²) in [5, 5.41) is 1.36. The smallest absolute Gasteiger partial charge is 0.0456 e. The molecule has 212 valence electrons. The Morgan fingerprint density at radius 1 is 1.08 bits per heavy atom. The first kappa shape index (κ1) is 35.3. The summed E-state index contributed by atoms with van der Waals surface area (Å²) in [6.45, 7) is 13.8. The highest BCUT2D eigenvalue weighted by Gasteiger charge is 2.17. The average Bonchev–Trinajstić information content (AvgIpc) is 3.35. The summed E-state index contributed by atoms with van der Waals surface area (Å²) < 4.78 is 0. The Bertz CT molecular complexity index is 999. The van der Waals surface area contributed by atoms with Crippen molar-refractivity contribution in [3.63, 3.8) is 0 Å². The van der Waals surface area contributed by atoms with E-state index in [0.29, 0.717) is 0 Å². The normalized spacial score (nSPS) is 12.4. The second-order valence-electron chi connectivity index (χ2n) is 10.1. The first-order chi connectivity index (χ1) is 18.3. The van der Waals surface area contributed by atoms with Crippen molar-refractivity contribution >= 4 is 16.6 Å². The summed E-state index contributed by atoms with van der Waals surface area (Å²) in [6, 6.07) is 15.5. The van der Waals surface area contributed by atoms with Gasteiger partial charge in [0.15, 0.2) is 0 Å². The molecule has 4 nitrogen and oxygen atoms in total. The largest absolute Gasteiger partial charge is 0.371 e. The van der Waals surface area contributed by atoms with Crippen molar-refractivity contribution in [3.05, 3.63) is 65.4 Å². The van der Waals surface area contributed by atoms with Gasteiger partial charge < -0.3 is 20.5 Å². The Hall–Kier alpha value is -2.74. The van der Waals surface area contributed by atoms with Crippen LogP contribution in [0, 0.1) is 25.7 Å². The number of rotatable bonds is 7. The van der Waals surface area contributed by atoms with Crippen LogP contribution in [0.3, 0.4) is 0 Å². The number of fused-ring (bicyclic) bond motifs is 2. The number of aromatic nitrogens is 1. The lowest BCUT2D eigenvalue weighted by molar-refractivity contribution is 0.499. The second-order valence-corrected chi connectivity index (χ2v) is 10.1. The second kappa shape index (κ2) is 21.2. The number of aryl methyl sites for hydroxylation is 2. The van der Waals surface area contributed by atoms with Crippen molar-refractivity contribution in [2.24, 2.45) is 11.7 Å².